The maximum Gasteiger partial charge on any atom is 2.00 e. The molecule has 0 saturated carbocycles. The predicted octanol–water partition coefficient (Wildman–Crippen LogP) is 2.25. The number of azo groups is 1. The Bertz CT molecular complexity index is 974. The molecule has 0 bridgehead atoms. The standard InChI is InChI=1S/C17H29N7.4CHNS.Zn/c1-7-23(12-13-24(4,5)6)16-10-8-15(9-11-16)19-20-17-21(2)14-18-22(17)3;4*2-1-3;/h8-11,14H,7,12-13H2,1-6H3;4*3H;/q+2;;;;;+2/p-4. The SMILES string of the molecule is CCN(CC[N+](C)(C)C)c1ccc(N=Nc2n(C)nc[n+]2C)cc1.N#C[S-].N#C[S-].N#C[S-].N#C[S-].[Zn+2]. The molecule has 0 aliphatic heterocycles. The van der Waals surface area contributed by atoms with Crippen LogP contribution in [0.1, 0.15) is 6.92 Å². The normalized spacial score (nSPS) is 8.59. The number of thiocyanates is 4. The Morgan fingerprint density at radius 3 is 1.70 bits per heavy atom. The second kappa shape index (κ2) is 26.3. The van der Waals surface area contributed by atoms with Gasteiger partial charge in [-0.3, -0.25) is 0 Å². The average molecular weight is 629 g/mol. The molecular formula is C21H29N11S4Zn. The molecule has 0 amide bonds. The van der Waals surface area contributed by atoms with Crippen molar-refractivity contribution in [2.75, 3.05) is 45.7 Å². The number of quaternary nitrogens is 1. The topological polar surface area (TPSA) is 145 Å². The summed E-state index contributed by atoms with van der Waals surface area (Å²) in [6, 6.07) is 8.22. The summed E-state index contributed by atoms with van der Waals surface area (Å²) in [4.78, 5) is 2.38. The fraction of sp³-hybridized carbons (Fsp3) is 0.429. The Morgan fingerprint density at radius 2 is 1.38 bits per heavy atom. The number of hydrogen-bond donors (Lipinski definition) is 0. The number of hydrogen-bond acceptors (Lipinski definition) is 12. The van der Waals surface area contributed by atoms with Crippen molar-refractivity contribution in [2.24, 2.45) is 24.3 Å². The molecule has 0 aliphatic carbocycles. The van der Waals surface area contributed by atoms with Crippen LogP contribution in [0.15, 0.2) is 40.8 Å². The van der Waals surface area contributed by atoms with Crippen LogP contribution in [0.4, 0.5) is 17.3 Å². The van der Waals surface area contributed by atoms with E-state index in [1.54, 1.807) is 11.0 Å². The van der Waals surface area contributed by atoms with E-state index in [0.29, 0.717) is 5.95 Å². The number of aryl methyl sites for hydroxylation is 2. The molecule has 1 aromatic carbocycles. The van der Waals surface area contributed by atoms with Gasteiger partial charge in [-0.05, 0) is 36.3 Å². The molecule has 11 nitrogen and oxygen atoms in total. The molecule has 2 rings (SSSR count). The van der Waals surface area contributed by atoms with Gasteiger partial charge in [0.1, 0.15) is 0 Å². The van der Waals surface area contributed by atoms with Gasteiger partial charge in [-0.1, -0.05) is 26.7 Å². The third-order valence-electron chi connectivity index (χ3n) is 3.90. The predicted molar refractivity (Wildman–Crippen MR) is 148 cm³/mol. The fourth-order valence-corrected chi connectivity index (χ4v) is 2.34. The molecule has 16 heteroatoms. The maximum atomic E-state index is 7.13. The molecular weight excluding hydrogens is 600 g/mol. The summed E-state index contributed by atoms with van der Waals surface area (Å²) in [5.74, 6) is 0.706. The first-order valence-electron chi connectivity index (χ1n) is 9.96. The molecule has 0 unspecified atom stereocenters. The zero-order chi connectivity index (χ0) is 28.6. The van der Waals surface area contributed by atoms with E-state index in [1.807, 2.05) is 30.8 Å². The first kappa shape index (κ1) is 41.3. The summed E-state index contributed by atoms with van der Waals surface area (Å²) in [6.07, 6.45) is 1.71. The number of aromatic nitrogens is 3. The summed E-state index contributed by atoms with van der Waals surface area (Å²) in [7, 11) is 10.4. The molecule has 0 fully saturated rings. The van der Waals surface area contributed by atoms with Gasteiger partial charge in [-0.25, -0.2) is 25.6 Å². The first-order valence-corrected chi connectivity index (χ1v) is 11.6. The van der Waals surface area contributed by atoms with Gasteiger partial charge < -0.3 is 59.9 Å². The molecule has 1 heterocycles. The summed E-state index contributed by atoms with van der Waals surface area (Å²) in [6.45, 7) is 5.31. The van der Waals surface area contributed by atoms with Gasteiger partial charge in [0.25, 0.3) is 0 Å². The Balaban J connectivity index is -0.000000356. The van der Waals surface area contributed by atoms with Crippen LogP contribution in [0.25, 0.3) is 0 Å². The van der Waals surface area contributed by atoms with E-state index in [2.05, 4.69) is 111 Å². The third-order valence-corrected chi connectivity index (χ3v) is 3.90. The number of nitriles is 4. The number of nitrogens with zero attached hydrogens (tertiary/aromatic N) is 11. The molecule has 0 radical (unpaired) electrons. The summed E-state index contributed by atoms with van der Waals surface area (Å²) < 4.78 is 4.49. The smallest absolute Gasteiger partial charge is 0.696 e. The van der Waals surface area contributed by atoms with E-state index in [-0.39, 0.29) is 19.5 Å². The molecule has 1 aromatic heterocycles. The minimum Gasteiger partial charge on any atom is -0.696 e. The summed E-state index contributed by atoms with van der Waals surface area (Å²) >= 11 is 14.8. The number of anilines is 1. The van der Waals surface area contributed by atoms with Crippen molar-refractivity contribution in [3.05, 3.63) is 30.6 Å². The quantitative estimate of drug-likeness (QED) is 0.112. The van der Waals surface area contributed by atoms with Gasteiger partial charge in [0, 0.05) is 17.3 Å². The van der Waals surface area contributed by atoms with Gasteiger partial charge in [-0.15, -0.1) is 4.68 Å². The van der Waals surface area contributed by atoms with Crippen molar-refractivity contribution in [1.29, 1.82) is 21.0 Å². The molecule has 0 aliphatic rings. The van der Waals surface area contributed by atoms with Crippen molar-refractivity contribution in [1.82, 2.24) is 9.78 Å². The van der Waals surface area contributed by atoms with E-state index in [9.17, 15) is 0 Å². The van der Waals surface area contributed by atoms with Crippen LogP contribution >= 0.6 is 0 Å². The van der Waals surface area contributed by atoms with E-state index in [0.717, 1.165) is 29.8 Å². The minimum absolute atomic E-state index is 0. The Hall–Kier alpha value is -2.82. The van der Waals surface area contributed by atoms with Crippen molar-refractivity contribution in [3.8, 4) is 21.6 Å². The van der Waals surface area contributed by atoms with Crippen molar-refractivity contribution >= 4 is 67.8 Å². The number of rotatable bonds is 7. The Kier molecular flexibility index (Phi) is 29.3. The van der Waals surface area contributed by atoms with E-state index < -0.39 is 0 Å². The second-order valence-electron chi connectivity index (χ2n) is 7.34. The van der Waals surface area contributed by atoms with Crippen molar-refractivity contribution in [3.63, 3.8) is 0 Å². The van der Waals surface area contributed by atoms with Crippen molar-refractivity contribution in [2.45, 2.75) is 6.92 Å². The molecule has 0 atom stereocenters. The number of likely N-dealkylation sites (N-methyl/N-ethyl adjacent to an activating group) is 2. The minimum atomic E-state index is 0. The molecule has 37 heavy (non-hydrogen) atoms. The molecule has 194 valence electrons. The second-order valence-corrected chi connectivity index (χ2v) is 8.07. The van der Waals surface area contributed by atoms with Crippen LogP contribution in [-0.2, 0) is 84.1 Å². The first-order chi connectivity index (χ1) is 17.0. The van der Waals surface area contributed by atoms with Crippen LogP contribution in [0.2, 0.25) is 0 Å². The van der Waals surface area contributed by atoms with Crippen LogP contribution < -0.4 is 9.47 Å². The zero-order valence-electron chi connectivity index (χ0n) is 21.8. The molecule has 0 spiro atoms. The number of benzene rings is 1. The fourth-order valence-electron chi connectivity index (χ4n) is 2.34. The van der Waals surface area contributed by atoms with Crippen molar-refractivity contribution < 1.29 is 28.5 Å². The third kappa shape index (κ3) is 23.3. The zero-order valence-corrected chi connectivity index (χ0v) is 28.0. The van der Waals surface area contributed by atoms with Gasteiger partial charge in [0.2, 0.25) is 6.33 Å². The van der Waals surface area contributed by atoms with Gasteiger partial charge in [0.05, 0.1) is 54.0 Å². The monoisotopic (exact) mass is 627 g/mol. The Morgan fingerprint density at radius 1 is 0.946 bits per heavy atom. The maximum absolute atomic E-state index is 7.13. The van der Waals surface area contributed by atoms with Gasteiger partial charge in [-0.2, -0.15) is 0 Å². The van der Waals surface area contributed by atoms with E-state index in [4.69, 9.17) is 21.0 Å². The van der Waals surface area contributed by atoms with E-state index in [1.165, 1.54) is 27.3 Å². The molecule has 0 N–H and O–H groups in total. The summed E-state index contributed by atoms with van der Waals surface area (Å²) in [5.41, 5.74) is 2.05. The van der Waals surface area contributed by atoms with Crippen LogP contribution in [0.3, 0.4) is 0 Å². The van der Waals surface area contributed by atoms with Gasteiger partial charge in [0.15, 0.2) is 0 Å². The Labute approximate surface area is 255 Å². The average Bonchev–Trinajstić information content (AvgIpc) is 3.12. The van der Waals surface area contributed by atoms with Gasteiger partial charge >= 0.3 is 25.4 Å². The van der Waals surface area contributed by atoms with Crippen LogP contribution in [0, 0.1) is 42.7 Å². The molecule has 2 aromatic rings. The molecule has 0 saturated heterocycles. The summed E-state index contributed by atoms with van der Waals surface area (Å²) in [5, 5.41) is 46.6. The van der Waals surface area contributed by atoms with E-state index >= 15 is 0 Å². The van der Waals surface area contributed by atoms with Crippen LogP contribution in [0.5, 0.6) is 0 Å². The largest absolute Gasteiger partial charge is 2.00 e. The van der Waals surface area contributed by atoms with Crippen LogP contribution in [-0.4, -0.2) is 55.0 Å².